The lowest BCUT2D eigenvalue weighted by atomic mass is 9.85. The fourth-order valence-electron chi connectivity index (χ4n) is 3.85. The third kappa shape index (κ3) is 5.26. The van der Waals surface area contributed by atoms with Crippen molar-refractivity contribution < 1.29 is 18.7 Å². The Labute approximate surface area is 185 Å². The van der Waals surface area contributed by atoms with Crippen LogP contribution in [-0.2, 0) is 0 Å². The quantitative estimate of drug-likeness (QED) is 0.656. The van der Waals surface area contributed by atoms with Crippen molar-refractivity contribution in [1.29, 1.82) is 0 Å². The Bertz CT molecular complexity index is 1040. The van der Waals surface area contributed by atoms with Crippen molar-refractivity contribution in [2.45, 2.75) is 18.9 Å². The second kappa shape index (κ2) is 10.00. The zero-order chi connectivity index (χ0) is 22.3. The first-order valence-electron chi connectivity index (χ1n) is 10.4. The monoisotopic (exact) mass is 434 g/mol. The smallest absolute Gasteiger partial charge is 0.391 e. The molecule has 4 rings (SSSR count). The van der Waals surface area contributed by atoms with Gasteiger partial charge in [-0.15, -0.1) is 0 Å². The minimum Gasteiger partial charge on any atom is -0.391 e. The number of amides is 2. The number of halogens is 1. The summed E-state index contributed by atoms with van der Waals surface area (Å²) in [5.41, 5.74) is 1.33. The molecule has 1 fully saturated rings. The zero-order valence-electron chi connectivity index (χ0n) is 17.4. The molecule has 1 aliphatic heterocycles. The molecule has 0 saturated carbocycles. The number of hydrogen-bond acceptors (Lipinski definition) is 5. The third-order valence-corrected chi connectivity index (χ3v) is 5.56. The lowest BCUT2D eigenvalue weighted by Gasteiger charge is -2.36. The number of rotatable bonds is 5. The average Bonchev–Trinajstić information content (AvgIpc) is 2.84. The molecule has 1 unspecified atom stereocenters. The van der Waals surface area contributed by atoms with E-state index in [1.165, 1.54) is 24.3 Å². The Hall–Kier alpha value is -3.81. The van der Waals surface area contributed by atoms with Gasteiger partial charge in [-0.2, -0.15) is 0 Å². The van der Waals surface area contributed by atoms with E-state index in [1.807, 2.05) is 12.1 Å². The largest absolute Gasteiger partial charge is 0.416 e. The van der Waals surface area contributed by atoms with Gasteiger partial charge < -0.3 is 15.0 Å². The Morgan fingerprint density at radius 2 is 1.72 bits per heavy atom. The van der Waals surface area contributed by atoms with E-state index in [0.29, 0.717) is 31.5 Å². The molecule has 0 radical (unpaired) electrons. The number of piperidine rings is 1. The topological polar surface area (TPSA) is 84.4 Å². The van der Waals surface area contributed by atoms with Gasteiger partial charge in [-0.1, -0.05) is 6.07 Å². The number of hydrogen-bond donors (Lipinski definition) is 1. The van der Waals surface area contributed by atoms with Crippen LogP contribution in [0.15, 0.2) is 73.2 Å². The number of ether oxygens (including phenoxy) is 1. The molecule has 1 aliphatic rings. The number of benzene rings is 1. The van der Waals surface area contributed by atoms with Crippen LogP contribution in [0.4, 0.5) is 9.18 Å². The van der Waals surface area contributed by atoms with E-state index in [-0.39, 0.29) is 23.7 Å². The Kier molecular flexibility index (Phi) is 6.69. The second-order valence-electron chi connectivity index (χ2n) is 7.60. The predicted octanol–water partition coefficient (Wildman–Crippen LogP) is 4.00. The molecule has 0 spiro atoms. The number of pyridine rings is 2. The van der Waals surface area contributed by atoms with E-state index in [1.54, 1.807) is 41.7 Å². The first-order valence-corrected chi connectivity index (χ1v) is 10.4. The maximum atomic E-state index is 13.2. The summed E-state index contributed by atoms with van der Waals surface area (Å²) in [6.07, 6.45) is 5.88. The van der Waals surface area contributed by atoms with Gasteiger partial charge in [0, 0.05) is 43.3 Å². The molecule has 3 heterocycles. The molecule has 2 amide bonds. The van der Waals surface area contributed by atoms with E-state index in [0.717, 1.165) is 5.56 Å². The lowest BCUT2D eigenvalue weighted by Crippen LogP contribution is -2.44. The van der Waals surface area contributed by atoms with Crippen molar-refractivity contribution in [2.24, 2.45) is 5.92 Å². The minimum atomic E-state index is -0.432. The Morgan fingerprint density at radius 1 is 1.00 bits per heavy atom. The van der Waals surface area contributed by atoms with Crippen LogP contribution in [-0.4, -0.2) is 40.0 Å². The van der Waals surface area contributed by atoms with Crippen molar-refractivity contribution >= 4 is 12.0 Å². The highest BCUT2D eigenvalue weighted by Gasteiger charge is 2.31. The van der Waals surface area contributed by atoms with Gasteiger partial charge in [-0.05, 0) is 66.8 Å². The summed E-state index contributed by atoms with van der Waals surface area (Å²) in [7, 11) is 0. The number of carbonyl (C=O) groups excluding carboxylic acids is 2. The van der Waals surface area contributed by atoms with Crippen LogP contribution < -0.4 is 10.1 Å². The maximum Gasteiger partial charge on any atom is 0.416 e. The van der Waals surface area contributed by atoms with Crippen LogP contribution in [0.25, 0.3) is 0 Å². The highest BCUT2D eigenvalue weighted by Crippen LogP contribution is 2.31. The van der Waals surface area contributed by atoms with Gasteiger partial charge >= 0.3 is 6.09 Å². The highest BCUT2D eigenvalue weighted by atomic mass is 19.1. The van der Waals surface area contributed by atoms with E-state index < -0.39 is 11.9 Å². The van der Waals surface area contributed by atoms with Crippen LogP contribution in [0.1, 0.15) is 34.8 Å². The number of nitrogens with one attached hydrogen (secondary N) is 1. The molecule has 7 nitrogen and oxygen atoms in total. The molecule has 1 atom stereocenters. The molecule has 2 aromatic heterocycles. The molecule has 164 valence electrons. The van der Waals surface area contributed by atoms with E-state index in [2.05, 4.69) is 15.3 Å². The Balaban J connectivity index is 1.43. The molecule has 1 saturated heterocycles. The molecule has 3 aromatic rings. The number of nitrogens with zero attached hydrogens (tertiary/aromatic N) is 3. The van der Waals surface area contributed by atoms with E-state index in [9.17, 15) is 14.0 Å². The number of carbonyl (C=O) groups is 2. The van der Waals surface area contributed by atoms with Gasteiger partial charge in [-0.25, -0.2) is 14.2 Å². The highest BCUT2D eigenvalue weighted by molar-refractivity contribution is 5.94. The fraction of sp³-hybridized carbons (Fsp3) is 0.250. The zero-order valence-corrected chi connectivity index (χ0v) is 17.4. The Morgan fingerprint density at radius 3 is 2.38 bits per heavy atom. The van der Waals surface area contributed by atoms with Gasteiger partial charge in [0.25, 0.3) is 5.91 Å². The summed E-state index contributed by atoms with van der Waals surface area (Å²) < 4.78 is 18.6. The first-order chi connectivity index (χ1) is 15.6. The van der Waals surface area contributed by atoms with Crippen LogP contribution in [0, 0.1) is 11.7 Å². The number of likely N-dealkylation sites (tertiary alicyclic amines) is 1. The lowest BCUT2D eigenvalue weighted by molar-refractivity contribution is 0.0884. The average molecular weight is 434 g/mol. The summed E-state index contributed by atoms with van der Waals surface area (Å²) in [6.45, 7) is 1.01. The van der Waals surface area contributed by atoms with E-state index >= 15 is 0 Å². The van der Waals surface area contributed by atoms with E-state index in [4.69, 9.17) is 4.74 Å². The molecule has 8 heteroatoms. The summed E-state index contributed by atoms with van der Waals surface area (Å²) in [5, 5.41) is 3.09. The molecular formula is C24H23FN4O3. The second-order valence-corrected chi connectivity index (χ2v) is 7.60. The molecule has 1 aromatic carbocycles. The summed E-state index contributed by atoms with van der Waals surface area (Å²) in [6, 6.07) is 14.1. The van der Waals surface area contributed by atoms with Gasteiger partial charge in [0.1, 0.15) is 5.82 Å². The first kappa shape index (κ1) is 21.4. The van der Waals surface area contributed by atoms with Crippen molar-refractivity contribution in [1.82, 2.24) is 20.2 Å². The van der Waals surface area contributed by atoms with Gasteiger partial charge in [0.2, 0.25) is 5.88 Å². The van der Waals surface area contributed by atoms with Crippen molar-refractivity contribution in [3.63, 3.8) is 0 Å². The summed E-state index contributed by atoms with van der Waals surface area (Å²) in [5.74, 6) is -0.289. The molecule has 1 N–H and O–H groups in total. The van der Waals surface area contributed by atoms with Crippen molar-refractivity contribution in [3.05, 3.63) is 90.1 Å². The normalized spacial score (nSPS) is 15.1. The van der Waals surface area contributed by atoms with Crippen LogP contribution in [0.2, 0.25) is 0 Å². The molecule has 0 bridgehead atoms. The third-order valence-electron chi connectivity index (χ3n) is 5.56. The van der Waals surface area contributed by atoms with Crippen LogP contribution in [0.3, 0.4) is 0 Å². The predicted molar refractivity (Wildman–Crippen MR) is 115 cm³/mol. The minimum absolute atomic E-state index is 0.112. The molecule has 32 heavy (non-hydrogen) atoms. The SMILES string of the molecule is O=C(NC(c1ccncc1)C1CCN(C(=O)Oc2ccccn2)CC1)c1ccc(F)cc1. The van der Waals surface area contributed by atoms with Crippen LogP contribution in [0.5, 0.6) is 5.88 Å². The van der Waals surface area contributed by atoms with Crippen molar-refractivity contribution in [3.8, 4) is 5.88 Å². The van der Waals surface area contributed by atoms with Crippen LogP contribution >= 0.6 is 0 Å². The summed E-state index contributed by atoms with van der Waals surface area (Å²) in [4.78, 5) is 35.0. The maximum absolute atomic E-state index is 13.2. The summed E-state index contributed by atoms with van der Waals surface area (Å²) >= 11 is 0. The van der Waals surface area contributed by atoms with Gasteiger partial charge in [-0.3, -0.25) is 9.78 Å². The van der Waals surface area contributed by atoms with Crippen molar-refractivity contribution in [2.75, 3.05) is 13.1 Å². The fourth-order valence-corrected chi connectivity index (χ4v) is 3.85. The standard InChI is InChI=1S/C24H23FN4O3/c25-20-6-4-19(5-7-20)23(30)28-22(17-8-13-26-14-9-17)18-10-15-29(16-11-18)24(31)32-21-3-1-2-12-27-21/h1-9,12-14,18,22H,10-11,15-16H2,(H,28,30). The van der Waals surface area contributed by atoms with Gasteiger partial charge in [0.15, 0.2) is 0 Å². The number of aromatic nitrogens is 2. The van der Waals surface area contributed by atoms with Gasteiger partial charge in [0.05, 0.1) is 6.04 Å². The molecule has 0 aliphatic carbocycles. The molecular weight excluding hydrogens is 411 g/mol.